The van der Waals surface area contributed by atoms with E-state index >= 15 is 0 Å². The van der Waals surface area contributed by atoms with Crippen LogP contribution < -0.4 is 9.47 Å². The van der Waals surface area contributed by atoms with E-state index in [1.54, 1.807) is 6.08 Å². The third-order valence-electron chi connectivity index (χ3n) is 5.92. The van der Waals surface area contributed by atoms with Gasteiger partial charge in [-0.3, -0.25) is 4.79 Å². The maximum atomic E-state index is 12.5. The highest BCUT2D eigenvalue weighted by Crippen LogP contribution is 2.32. The number of amides is 1. The lowest BCUT2D eigenvalue weighted by molar-refractivity contribution is -0.127. The summed E-state index contributed by atoms with van der Waals surface area (Å²) in [7, 11) is 1.81. The van der Waals surface area contributed by atoms with Crippen LogP contribution in [0.4, 0.5) is 0 Å². The third kappa shape index (κ3) is 4.28. The smallest absolute Gasteiger partial charge is 0.246 e. The monoisotopic (exact) mass is 372 g/mol. The van der Waals surface area contributed by atoms with Crippen LogP contribution in [0.5, 0.6) is 11.5 Å². The Bertz CT molecular complexity index is 689. The van der Waals surface area contributed by atoms with Crippen LogP contribution in [-0.4, -0.2) is 67.9 Å². The molecule has 0 saturated carbocycles. The second kappa shape index (κ2) is 8.31. The van der Waals surface area contributed by atoms with Crippen LogP contribution in [-0.2, 0) is 9.53 Å². The van der Waals surface area contributed by atoms with Gasteiger partial charge < -0.3 is 24.0 Å². The fourth-order valence-electron chi connectivity index (χ4n) is 4.22. The molecule has 6 heteroatoms. The number of nitrogens with zero attached hydrogens (tertiary/aromatic N) is 2. The van der Waals surface area contributed by atoms with Crippen molar-refractivity contribution < 1.29 is 19.0 Å². The Morgan fingerprint density at radius 2 is 1.81 bits per heavy atom. The lowest BCUT2D eigenvalue weighted by atomic mass is 9.99. The molecule has 0 spiro atoms. The summed E-state index contributed by atoms with van der Waals surface area (Å²) in [6.45, 7) is 4.15. The quantitative estimate of drug-likeness (QED) is 0.761. The van der Waals surface area contributed by atoms with Crippen LogP contribution in [0.1, 0.15) is 31.2 Å². The van der Waals surface area contributed by atoms with Gasteiger partial charge in [-0.15, -0.1) is 0 Å². The number of ether oxygens (including phenoxy) is 3. The molecular formula is C21H28N2O4. The largest absolute Gasteiger partial charge is 0.454 e. The first-order valence-electron chi connectivity index (χ1n) is 9.86. The van der Waals surface area contributed by atoms with Crippen molar-refractivity contribution in [3.05, 3.63) is 29.8 Å². The Labute approximate surface area is 160 Å². The minimum atomic E-state index is 0.0872. The maximum Gasteiger partial charge on any atom is 0.246 e. The predicted octanol–water partition coefficient (Wildman–Crippen LogP) is 2.53. The number of rotatable bonds is 4. The van der Waals surface area contributed by atoms with Crippen LogP contribution in [0.2, 0.25) is 0 Å². The fraction of sp³-hybridized carbons (Fsp3) is 0.571. The van der Waals surface area contributed by atoms with E-state index in [4.69, 9.17) is 14.2 Å². The molecule has 0 N–H and O–H groups in total. The maximum absolute atomic E-state index is 12.5. The van der Waals surface area contributed by atoms with Crippen LogP contribution >= 0.6 is 0 Å². The second-order valence-corrected chi connectivity index (χ2v) is 7.47. The Morgan fingerprint density at radius 3 is 2.56 bits per heavy atom. The summed E-state index contributed by atoms with van der Waals surface area (Å²) >= 11 is 0. The lowest BCUT2D eigenvalue weighted by Crippen LogP contribution is -2.49. The van der Waals surface area contributed by atoms with Gasteiger partial charge in [-0.2, -0.15) is 0 Å². The molecule has 1 aromatic carbocycles. The van der Waals surface area contributed by atoms with Crippen molar-refractivity contribution in [2.75, 3.05) is 40.1 Å². The second-order valence-electron chi connectivity index (χ2n) is 7.47. The molecule has 0 bridgehead atoms. The molecule has 2 fully saturated rings. The highest BCUT2D eigenvalue weighted by Gasteiger charge is 2.29. The molecule has 27 heavy (non-hydrogen) atoms. The van der Waals surface area contributed by atoms with E-state index in [0.29, 0.717) is 12.1 Å². The highest BCUT2D eigenvalue weighted by atomic mass is 16.7. The van der Waals surface area contributed by atoms with Crippen molar-refractivity contribution in [2.45, 2.75) is 37.8 Å². The number of hydrogen-bond acceptors (Lipinski definition) is 5. The lowest BCUT2D eigenvalue weighted by Gasteiger charge is -2.41. The predicted molar refractivity (Wildman–Crippen MR) is 103 cm³/mol. The molecule has 4 rings (SSSR count). The zero-order valence-corrected chi connectivity index (χ0v) is 15.9. The van der Waals surface area contributed by atoms with Crippen LogP contribution in [0.15, 0.2) is 24.3 Å². The van der Waals surface area contributed by atoms with E-state index < -0.39 is 0 Å². The number of carbonyl (C=O) groups is 1. The molecule has 0 radical (unpaired) electrons. The van der Waals surface area contributed by atoms with Gasteiger partial charge in [-0.05, 0) is 49.5 Å². The Kier molecular flexibility index (Phi) is 5.64. The van der Waals surface area contributed by atoms with Crippen molar-refractivity contribution in [3.63, 3.8) is 0 Å². The van der Waals surface area contributed by atoms with E-state index in [1.165, 1.54) is 0 Å². The van der Waals surface area contributed by atoms with Gasteiger partial charge in [0.05, 0.1) is 6.10 Å². The first-order valence-corrected chi connectivity index (χ1v) is 9.86. The van der Waals surface area contributed by atoms with Crippen molar-refractivity contribution in [2.24, 2.45) is 0 Å². The summed E-state index contributed by atoms with van der Waals surface area (Å²) < 4.78 is 16.2. The first-order chi connectivity index (χ1) is 13.2. The average Bonchev–Trinajstić information content (AvgIpc) is 3.20. The number of carbonyl (C=O) groups excluding carboxylic acids is 1. The first kappa shape index (κ1) is 18.3. The van der Waals surface area contributed by atoms with Gasteiger partial charge in [0, 0.05) is 45.4 Å². The standard InChI is InChI=1S/C21H28N2O4/c1-25-18-8-12-22(13-9-18)17-6-10-23(11-7-17)21(24)5-3-16-2-4-19-20(14-16)27-15-26-19/h2-5,14,17-18H,6-13,15H2,1H3/b5-3+. The molecule has 1 aromatic rings. The van der Waals surface area contributed by atoms with E-state index in [2.05, 4.69) is 4.90 Å². The normalized spacial score (nSPS) is 21.9. The number of piperidine rings is 2. The molecule has 3 aliphatic heterocycles. The number of hydrogen-bond donors (Lipinski definition) is 0. The van der Waals surface area contributed by atoms with E-state index in [0.717, 1.165) is 68.9 Å². The van der Waals surface area contributed by atoms with E-state index in [-0.39, 0.29) is 12.7 Å². The number of fused-ring (bicyclic) bond motifs is 1. The van der Waals surface area contributed by atoms with Crippen molar-refractivity contribution >= 4 is 12.0 Å². The average molecular weight is 372 g/mol. The molecular weight excluding hydrogens is 344 g/mol. The minimum Gasteiger partial charge on any atom is -0.454 e. The SMILES string of the molecule is COC1CCN(C2CCN(C(=O)/C=C/c3ccc4c(c3)OCO4)CC2)CC1. The van der Waals surface area contributed by atoms with Gasteiger partial charge in [-0.1, -0.05) is 6.07 Å². The molecule has 0 aliphatic carbocycles. The minimum absolute atomic E-state index is 0.0872. The van der Waals surface area contributed by atoms with Gasteiger partial charge in [-0.25, -0.2) is 0 Å². The molecule has 0 atom stereocenters. The summed E-state index contributed by atoms with van der Waals surface area (Å²) in [6, 6.07) is 6.32. The number of likely N-dealkylation sites (tertiary alicyclic amines) is 2. The number of methoxy groups -OCH3 is 1. The van der Waals surface area contributed by atoms with Crippen molar-refractivity contribution in [3.8, 4) is 11.5 Å². The van der Waals surface area contributed by atoms with Crippen LogP contribution in [0.25, 0.3) is 6.08 Å². The molecule has 0 unspecified atom stereocenters. The van der Waals surface area contributed by atoms with Gasteiger partial charge >= 0.3 is 0 Å². The van der Waals surface area contributed by atoms with E-state index in [1.807, 2.05) is 36.3 Å². The number of benzene rings is 1. The highest BCUT2D eigenvalue weighted by molar-refractivity contribution is 5.92. The Morgan fingerprint density at radius 1 is 1.07 bits per heavy atom. The van der Waals surface area contributed by atoms with Crippen molar-refractivity contribution in [1.82, 2.24) is 9.80 Å². The fourth-order valence-corrected chi connectivity index (χ4v) is 4.22. The summed E-state index contributed by atoms with van der Waals surface area (Å²) in [6.07, 6.45) is 8.29. The zero-order valence-electron chi connectivity index (χ0n) is 15.9. The molecule has 2 saturated heterocycles. The molecule has 6 nitrogen and oxygen atoms in total. The van der Waals surface area contributed by atoms with Gasteiger partial charge in [0.2, 0.25) is 12.7 Å². The molecule has 3 aliphatic rings. The summed E-state index contributed by atoms with van der Waals surface area (Å²) in [5.74, 6) is 1.59. The molecule has 0 aromatic heterocycles. The summed E-state index contributed by atoms with van der Waals surface area (Å²) in [5.41, 5.74) is 0.948. The molecule has 1 amide bonds. The van der Waals surface area contributed by atoms with Crippen LogP contribution in [0, 0.1) is 0 Å². The topological polar surface area (TPSA) is 51.2 Å². The Balaban J connectivity index is 1.26. The van der Waals surface area contributed by atoms with Crippen LogP contribution in [0.3, 0.4) is 0 Å². The van der Waals surface area contributed by atoms with E-state index in [9.17, 15) is 4.79 Å². The molecule has 3 heterocycles. The van der Waals surface area contributed by atoms with Crippen molar-refractivity contribution in [1.29, 1.82) is 0 Å². The van der Waals surface area contributed by atoms with Gasteiger partial charge in [0.1, 0.15) is 0 Å². The summed E-state index contributed by atoms with van der Waals surface area (Å²) in [5, 5.41) is 0. The zero-order chi connectivity index (χ0) is 18.6. The summed E-state index contributed by atoms with van der Waals surface area (Å²) in [4.78, 5) is 17.1. The van der Waals surface area contributed by atoms with Gasteiger partial charge in [0.15, 0.2) is 11.5 Å². The molecule has 146 valence electrons. The third-order valence-corrected chi connectivity index (χ3v) is 5.92. The van der Waals surface area contributed by atoms with Gasteiger partial charge in [0.25, 0.3) is 0 Å². The Hall–Kier alpha value is -2.05.